The maximum Gasteiger partial charge on any atom is 0.224 e. The maximum absolute atomic E-state index is 12.5. The van der Waals surface area contributed by atoms with Gasteiger partial charge >= 0.3 is 0 Å². The highest BCUT2D eigenvalue weighted by atomic mass is 16.5. The van der Waals surface area contributed by atoms with Crippen LogP contribution in [0.15, 0.2) is 18.2 Å². The smallest absolute Gasteiger partial charge is 0.224 e. The molecule has 0 bridgehead atoms. The summed E-state index contributed by atoms with van der Waals surface area (Å²) in [5.41, 5.74) is 2.01. The molecule has 0 aliphatic heterocycles. The average molecular weight is 489 g/mol. The van der Waals surface area contributed by atoms with Gasteiger partial charge in [0.1, 0.15) is 5.75 Å². The number of hydrogen-bond acceptors (Lipinski definition) is 3. The second kappa shape index (κ2) is 21.6. The van der Waals surface area contributed by atoms with Gasteiger partial charge in [0.2, 0.25) is 5.91 Å². The molecule has 1 N–H and O–H groups in total. The number of carbonyl (C=O) groups is 1. The fraction of sp³-hybridized carbons (Fsp3) is 0.774. The molecule has 35 heavy (non-hydrogen) atoms. The first-order chi connectivity index (χ1) is 17.2. The van der Waals surface area contributed by atoms with Crippen molar-refractivity contribution in [3.63, 3.8) is 0 Å². The number of methoxy groups -OCH3 is 1. The molecule has 1 rings (SSSR count). The zero-order valence-electron chi connectivity index (χ0n) is 23.6. The summed E-state index contributed by atoms with van der Waals surface area (Å²) in [7, 11) is 1.75. The molecular weight excluding hydrogens is 432 g/mol. The van der Waals surface area contributed by atoms with Crippen molar-refractivity contribution >= 4 is 17.3 Å². The van der Waals surface area contributed by atoms with Gasteiger partial charge in [-0.15, -0.1) is 0 Å². The van der Waals surface area contributed by atoms with E-state index >= 15 is 0 Å². The Morgan fingerprint density at radius 3 is 1.71 bits per heavy atom. The fourth-order valence-electron chi connectivity index (χ4n) is 4.65. The van der Waals surface area contributed by atoms with Crippen LogP contribution in [0.1, 0.15) is 136 Å². The molecule has 0 aliphatic rings. The highest BCUT2D eigenvalue weighted by Gasteiger charge is 2.14. The van der Waals surface area contributed by atoms with Gasteiger partial charge in [0.05, 0.1) is 12.8 Å². The summed E-state index contributed by atoms with van der Waals surface area (Å²) in [6, 6.07) is 6.12. The third-order valence-corrected chi connectivity index (χ3v) is 6.87. The predicted molar refractivity (Wildman–Crippen MR) is 154 cm³/mol. The first kappa shape index (κ1) is 31.3. The van der Waals surface area contributed by atoms with Gasteiger partial charge < -0.3 is 15.0 Å². The molecule has 0 saturated carbocycles. The second-order valence-corrected chi connectivity index (χ2v) is 10.1. The molecule has 0 atom stereocenters. The first-order valence-electron chi connectivity index (χ1n) is 14.9. The van der Waals surface area contributed by atoms with Crippen molar-refractivity contribution in [1.29, 1.82) is 0 Å². The molecule has 0 unspecified atom stereocenters. The maximum atomic E-state index is 12.5. The van der Waals surface area contributed by atoms with Crippen molar-refractivity contribution < 1.29 is 9.53 Å². The van der Waals surface area contributed by atoms with Crippen molar-refractivity contribution in [3.8, 4) is 5.75 Å². The summed E-state index contributed by atoms with van der Waals surface area (Å²) in [6.07, 6.45) is 22.0. The van der Waals surface area contributed by atoms with Gasteiger partial charge in [0, 0.05) is 25.2 Å². The van der Waals surface area contributed by atoms with Crippen molar-refractivity contribution in [2.75, 3.05) is 30.4 Å². The zero-order valence-corrected chi connectivity index (χ0v) is 23.6. The van der Waals surface area contributed by atoms with Crippen LogP contribution >= 0.6 is 0 Å². The summed E-state index contributed by atoms with van der Waals surface area (Å²) < 4.78 is 5.75. The summed E-state index contributed by atoms with van der Waals surface area (Å²) in [5, 5.41) is 3.14. The number of nitrogens with one attached hydrogen (secondary N) is 1. The Morgan fingerprint density at radius 2 is 1.20 bits per heavy atom. The number of benzene rings is 1. The zero-order chi connectivity index (χ0) is 25.6. The van der Waals surface area contributed by atoms with Gasteiger partial charge in [0.25, 0.3) is 0 Å². The quantitative estimate of drug-likeness (QED) is 0.156. The van der Waals surface area contributed by atoms with Gasteiger partial charge in [-0.1, -0.05) is 111 Å². The van der Waals surface area contributed by atoms with Gasteiger partial charge in [-0.2, -0.15) is 0 Å². The molecule has 0 spiro atoms. The number of carbonyl (C=O) groups excluding carboxylic acids is 1. The van der Waals surface area contributed by atoms with Gasteiger partial charge in [-0.25, -0.2) is 0 Å². The molecule has 202 valence electrons. The average Bonchev–Trinajstić information content (AvgIpc) is 2.86. The number of amides is 1. The molecule has 0 saturated heterocycles. The summed E-state index contributed by atoms with van der Waals surface area (Å²) >= 11 is 0. The lowest BCUT2D eigenvalue weighted by atomic mass is 10.1. The largest absolute Gasteiger partial charge is 0.495 e. The third kappa shape index (κ3) is 15.1. The Kier molecular flexibility index (Phi) is 19.3. The fourth-order valence-corrected chi connectivity index (χ4v) is 4.65. The highest BCUT2D eigenvalue weighted by molar-refractivity contribution is 5.91. The van der Waals surface area contributed by atoms with E-state index in [1.165, 1.54) is 96.3 Å². The lowest BCUT2D eigenvalue weighted by Gasteiger charge is -2.27. The molecule has 1 aromatic carbocycles. The number of rotatable bonds is 23. The van der Waals surface area contributed by atoms with Crippen LogP contribution in [0.4, 0.5) is 11.4 Å². The number of nitrogens with zero attached hydrogens (tertiary/aromatic N) is 1. The number of ether oxygens (including phenoxy) is 1. The predicted octanol–water partition coefficient (Wildman–Crippen LogP) is 9.52. The topological polar surface area (TPSA) is 41.6 Å². The van der Waals surface area contributed by atoms with Crippen molar-refractivity contribution in [2.45, 2.75) is 136 Å². The van der Waals surface area contributed by atoms with Crippen molar-refractivity contribution in [1.82, 2.24) is 0 Å². The standard InChI is InChI=1S/C31H56N2O2/c1-5-8-11-14-17-20-25-33(26-21-18-15-12-9-6-2)29-27-28(23-24-30(29)35-4)32-31(34)22-19-16-13-10-7-3/h23-24,27H,5-22,25-26H2,1-4H3,(H,32,34). The Balaban J connectivity index is 2.75. The molecule has 0 aromatic heterocycles. The van der Waals surface area contributed by atoms with E-state index in [1.807, 2.05) is 12.1 Å². The normalized spacial score (nSPS) is 11.0. The van der Waals surface area contributed by atoms with Crippen molar-refractivity contribution in [3.05, 3.63) is 18.2 Å². The molecule has 0 radical (unpaired) electrons. The molecule has 4 heteroatoms. The summed E-state index contributed by atoms with van der Waals surface area (Å²) in [6.45, 7) is 8.86. The first-order valence-corrected chi connectivity index (χ1v) is 14.9. The van der Waals surface area contributed by atoms with E-state index in [2.05, 4.69) is 37.1 Å². The minimum Gasteiger partial charge on any atom is -0.495 e. The molecule has 1 amide bonds. The lowest BCUT2D eigenvalue weighted by molar-refractivity contribution is -0.116. The molecule has 0 aliphatic carbocycles. The van der Waals surface area contributed by atoms with Crippen LogP contribution < -0.4 is 15.0 Å². The Morgan fingerprint density at radius 1 is 0.714 bits per heavy atom. The number of unbranched alkanes of at least 4 members (excludes halogenated alkanes) is 14. The Hall–Kier alpha value is -1.71. The Bertz CT molecular complexity index is 631. The molecule has 0 fully saturated rings. The van der Waals surface area contributed by atoms with Crippen LogP contribution in [0.3, 0.4) is 0 Å². The van der Waals surface area contributed by atoms with Crippen LogP contribution in [0.25, 0.3) is 0 Å². The van der Waals surface area contributed by atoms with Gasteiger partial charge in [-0.3, -0.25) is 4.79 Å². The van der Waals surface area contributed by atoms with E-state index in [9.17, 15) is 4.79 Å². The molecular formula is C31H56N2O2. The highest BCUT2D eigenvalue weighted by Crippen LogP contribution is 2.32. The van der Waals surface area contributed by atoms with Crippen LogP contribution in [-0.4, -0.2) is 26.1 Å². The van der Waals surface area contributed by atoms with E-state index in [0.717, 1.165) is 43.1 Å². The van der Waals surface area contributed by atoms with Crippen molar-refractivity contribution in [2.24, 2.45) is 0 Å². The summed E-state index contributed by atoms with van der Waals surface area (Å²) in [5.74, 6) is 1.02. The SMILES string of the molecule is CCCCCCCCN(CCCCCCCC)c1cc(NC(=O)CCCCCCC)ccc1OC. The van der Waals surface area contributed by atoms with E-state index in [-0.39, 0.29) is 5.91 Å². The van der Waals surface area contributed by atoms with E-state index in [0.29, 0.717) is 6.42 Å². The van der Waals surface area contributed by atoms with Crippen LogP contribution in [0.2, 0.25) is 0 Å². The lowest BCUT2D eigenvalue weighted by Crippen LogP contribution is -2.26. The van der Waals surface area contributed by atoms with Gasteiger partial charge in [-0.05, 0) is 37.5 Å². The minimum absolute atomic E-state index is 0.121. The van der Waals surface area contributed by atoms with Crippen LogP contribution in [0.5, 0.6) is 5.75 Å². The van der Waals surface area contributed by atoms with Gasteiger partial charge in [0.15, 0.2) is 0 Å². The molecule has 4 nitrogen and oxygen atoms in total. The third-order valence-electron chi connectivity index (χ3n) is 6.87. The van der Waals surface area contributed by atoms with Crippen LogP contribution in [-0.2, 0) is 4.79 Å². The van der Waals surface area contributed by atoms with E-state index < -0.39 is 0 Å². The second-order valence-electron chi connectivity index (χ2n) is 10.1. The van der Waals surface area contributed by atoms with Crippen LogP contribution in [0, 0.1) is 0 Å². The number of anilines is 2. The number of hydrogen-bond donors (Lipinski definition) is 1. The summed E-state index contributed by atoms with van der Waals surface area (Å²) in [4.78, 5) is 15.0. The molecule has 1 aromatic rings. The molecule has 0 heterocycles. The van der Waals surface area contributed by atoms with E-state index in [1.54, 1.807) is 7.11 Å². The van der Waals surface area contributed by atoms with E-state index in [4.69, 9.17) is 4.74 Å². The minimum atomic E-state index is 0.121. The monoisotopic (exact) mass is 488 g/mol. The Labute approximate surface area is 217 Å².